The monoisotopic (exact) mass is 328 g/mol. The van der Waals surface area contributed by atoms with Crippen molar-refractivity contribution in [3.05, 3.63) is 75.8 Å². The third-order valence-corrected chi connectivity index (χ3v) is 3.37. The van der Waals surface area contributed by atoms with Crippen LogP contribution in [0.2, 0.25) is 0 Å². The third-order valence-electron chi connectivity index (χ3n) is 3.37. The van der Waals surface area contributed by atoms with Crippen molar-refractivity contribution in [2.45, 2.75) is 19.4 Å². The number of carbonyl (C=O) groups is 1. The van der Waals surface area contributed by atoms with Crippen LogP contribution >= 0.6 is 0 Å². The van der Waals surface area contributed by atoms with E-state index in [-0.39, 0.29) is 24.4 Å². The van der Waals surface area contributed by atoms with Gasteiger partial charge in [0.25, 0.3) is 5.69 Å². The highest BCUT2D eigenvalue weighted by molar-refractivity contribution is 6.36. The Hall–Kier alpha value is -3.22. The summed E-state index contributed by atoms with van der Waals surface area (Å²) in [5, 5.41) is 22.6. The maximum Gasteiger partial charge on any atom is 0.356 e. The number of esters is 1. The largest absolute Gasteiger partial charge is 0.456 e. The van der Waals surface area contributed by atoms with Gasteiger partial charge >= 0.3 is 5.97 Å². The molecular formula is C17H16N2O5. The summed E-state index contributed by atoms with van der Waals surface area (Å²) in [5.74, 6) is -0.691. The van der Waals surface area contributed by atoms with Crippen LogP contribution in [0, 0.1) is 10.1 Å². The van der Waals surface area contributed by atoms with E-state index in [9.17, 15) is 14.9 Å². The fourth-order valence-corrected chi connectivity index (χ4v) is 2.05. The van der Waals surface area contributed by atoms with E-state index in [1.54, 1.807) is 12.1 Å². The minimum Gasteiger partial charge on any atom is -0.456 e. The van der Waals surface area contributed by atoms with Crippen molar-refractivity contribution in [2.75, 3.05) is 0 Å². The van der Waals surface area contributed by atoms with E-state index in [0.29, 0.717) is 6.42 Å². The smallest absolute Gasteiger partial charge is 0.356 e. The summed E-state index contributed by atoms with van der Waals surface area (Å²) < 4.78 is 5.10. The molecule has 0 aromatic heterocycles. The molecule has 7 heteroatoms. The molecule has 2 rings (SSSR count). The molecule has 0 heterocycles. The number of carbonyl (C=O) groups excluding carboxylic acids is 1. The standard InChI is InChI=1S/C17H16N2O5/c20-17(24-12-14-4-2-1-3-5-14)16(18-21)11-8-13-6-9-15(10-7-13)19(22)23/h1-7,9-10,21H,8,11-12H2. The molecule has 0 atom stereocenters. The molecule has 24 heavy (non-hydrogen) atoms. The van der Waals surface area contributed by atoms with Gasteiger partial charge in [-0.25, -0.2) is 4.79 Å². The molecule has 0 unspecified atom stereocenters. The van der Waals surface area contributed by atoms with E-state index in [0.717, 1.165) is 11.1 Å². The maximum absolute atomic E-state index is 11.9. The summed E-state index contributed by atoms with van der Waals surface area (Å²) in [6.07, 6.45) is 0.569. The van der Waals surface area contributed by atoms with Gasteiger partial charge in [0.05, 0.1) is 4.92 Å². The first-order valence-electron chi connectivity index (χ1n) is 7.25. The number of ether oxygens (including phenoxy) is 1. The summed E-state index contributed by atoms with van der Waals surface area (Å²) >= 11 is 0. The summed E-state index contributed by atoms with van der Waals surface area (Å²) in [7, 11) is 0. The van der Waals surface area contributed by atoms with Crippen LogP contribution < -0.4 is 0 Å². The summed E-state index contributed by atoms with van der Waals surface area (Å²) in [6, 6.07) is 15.1. The first kappa shape index (κ1) is 17.1. The van der Waals surface area contributed by atoms with Crippen molar-refractivity contribution in [2.24, 2.45) is 5.16 Å². The van der Waals surface area contributed by atoms with Crippen molar-refractivity contribution in [3.63, 3.8) is 0 Å². The quantitative estimate of drug-likeness (QED) is 0.277. The summed E-state index contributed by atoms with van der Waals surface area (Å²) in [4.78, 5) is 22.0. The Kier molecular flexibility index (Phi) is 6.01. The van der Waals surface area contributed by atoms with Crippen LogP contribution in [0.5, 0.6) is 0 Å². The molecule has 0 saturated heterocycles. The number of benzene rings is 2. The van der Waals surface area contributed by atoms with E-state index >= 15 is 0 Å². The predicted octanol–water partition coefficient (Wildman–Crippen LogP) is 3.10. The van der Waals surface area contributed by atoms with Crippen molar-refractivity contribution >= 4 is 17.4 Å². The van der Waals surface area contributed by atoms with Crippen LogP contribution in [-0.4, -0.2) is 21.8 Å². The molecule has 0 amide bonds. The van der Waals surface area contributed by atoms with Crippen LogP contribution in [-0.2, 0) is 22.6 Å². The van der Waals surface area contributed by atoms with E-state index in [2.05, 4.69) is 5.16 Å². The zero-order chi connectivity index (χ0) is 17.4. The zero-order valence-electron chi connectivity index (χ0n) is 12.8. The minimum atomic E-state index is -0.691. The van der Waals surface area contributed by atoms with E-state index < -0.39 is 10.9 Å². The van der Waals surface area contributed by atoms with Crippen molar-refractivity contribution in [3.8, 4) is 0 Å². The Morgan fingerprint density at radius 2 is 1.75 bits per heavy atom. The maximum atomic E-state index is 11.9. The van der Waals surface area contributed by atoms with Crippen molar-refractivity contribution < 1.29 is 19.7 Å². The molecular weight excluding hydrogens is 312 g/mol. The average Bonchev–Trinajstić information content (AvgIpc) is 2.61. The minimum absolute atomic E-state index is 0.00271. The molecule has 2 aromatic rings. The lowest BCUT2D eigenvalue weighted by atomic mass is 10.1. The number of rotatable bonds is 7. The number of nitro groups is 1. The van der Waals surface area contributed by atoms with Gasteiger partial charge in [-0.2, -0.15) is 0 Å². The molecule has 0 aliphatic carbocycles. The van der Waals surface area contributed by atoms with E-state index in [4.69, 9.17) is 9.94 Å². The highest BCUT2D eigenvalue weighted by Crippen LogP contribution is 2.13. The Balaban J connectivity index is 1.87. The second kappa shape index (κ2) is 8.42. The van der Waals surface area contributed by atoms with Crippen LogP contribution in [0.3, 0.4) is 0 Å². The Morgan fingerprint density at radius 3 is 2.33 bits per heavy atom. The first-order valence-corrected chi connectivity index (χ1v) is 7.25. The number of aryl methyl sites for hydroxylation is 1. The Bertz CT molecular complexity index is 726. The van der Waals surface area contributed by atoms with Crippen LogP contribution in [0.4, 0.5) is 5.69 Å². The Morgan fingerprint density at radius 1 is 1.08 bits per heavy atom. The topological polar surface area (TPSA) is 102 Å². The zero-order valence-corrected chi connectivity index (χ0v) is 12.8. The fourth-order valence-electron chi connectivity index (χ4n) is 2.05. The summed E-state index contributed by atoms with van der Waals surface area (Å²) in [6.45, 7) is 0.0935. The van der Waals surface area contributed by atoms with E-state index in [1.165, 1.54) is 12.1 Å². The van der Waals surface area contributed by atoms with Gasteiger partial charge in [0.2, 0.25) is 0 Å². The van der Waals surface area contributed by atoms with Gasteiger partial charge in [-0.3, -0.25) is 10.1 Å². The molecule has 0 aliphatic heterocycles. The van der Waals surface area contributed by atoms with Gasteiger partial charge in [-0.05, 0) is 17.5 Å². The molecule has 0 bridgehead atoms. The van der Waals surface area contributed by atoms with Gasteiger partial charge in [-0.15, -0.1) is 0 Å². The molecule has 2 aromatic carbocycles. The predicted molar refractivity (Wildman–Crippen MR) is 86.9 cm³/mol. The molecule has 1 N–H and O–H groups in total. The highest BCUT2D eigenvalue weighted by atomic mass is 16.6. The molecule has 0 aliphatic rings. The van der Waals surface area contributed by atoms with Crippen molar-refractivity contribution in [1.82, 2.24) is 0 Å². The first-order chi connectivity index (χ1) is 11.6. The van der Waals surface area contributed by atoms with E-state index in [1.807, 2.05) is 30.3 Å². The van der Waals surface area contributed by atoms with Gasteiger partial charge < -0.3 is 9.94 Å². The Labute approximate surface area is 138 Å². The number of hydrogen-bond donors (Lipinski definition) is 1. The van der Waals surface area contributed by atoms with Gasteiger partial charge in [0.15, 0.2) is 5.71 Å². The molecule has 0 radical (unpaired) electrons. The molecule has 0 saturated carbocycles. The second-order valence-electron chi connectivity index (χ2n) is 5.03. The van der Waals surface area contributed by atoms with Gasteiger partial charge in [0, 0.05) is 18.6 Å². The SMILES string of the molecule is O=C(OCc1ccccc1)C(CCc1ccc([N+](=O)[O-])cc1)=NO. The number of hydrogen-bond acceptors (Lipinski definition) is 6. The second-order valence-corrected chi connectivity index (χ2v) is 5.03. The molecule has 124 valence electrons. The molecule has 0 spiro atoms. The third kappa shape index (κ3) is 4.91. The lowest BCUT2D eigenvalue weighted by molar-refractivity contribution is -0.384. The lowest BCUT2D eigenvalue weighted by Crippen LogP contribution is -2.18. The number of oxime groups is 1. The average molecular weight is 328 g/mol. The van der Waals surface area contributed by atoms with Crippen LogP contribution in [0.1, 0.15) is 17.5 Å². The van der Waals surface area contributed by atoms with Gasteiger partial charge in [-0.1, -0.05) is 47.6 Å². The number of nitrogens with zero attached hydrogens (tertiary/aromatic N) is 2. The lowest BCUT2D eigenvalue weighted by Gasteiger charge is -2.06. The number of nitro benzene ring substituents is 1. The van der Waals surface area contributed by atoms with Gasteiger partial charge in [0.1, 0.15) is 6.61 Å². The van der Waals surface area contributed by atoms with Crippen LogP contribution in [0.15, 0.2) is 59.8 Å². The molecule has 7 nitrogen and oxygen atoms in total. The fraction of sp³-hybridized carbons (Fsp3) is 0.176. The highest BCUT2D eigenvalue weighted by Gasteiger charge is 2.14. The number of non-ortho nitro benzene ring substituents is 1. The summed E-state index contributed by atoms with van der Waals surface area (Å²) in [5.41, 5.74) is 1.53. The van der Waals surface area contributed by atoms with Crippen LogP contribution in [0.25, 0.3) is 0 Å². The normalized spacial score (nSPS) is 11.1. The molecule has 0 fully saturated rings. The van der Waals surface area contributed by atoms with Crippen molar-refractivity contribution in [1.29, 1.82) is 0 Å².